The zero-order chi connectivity index (χ0) is 15.4. The summed E-state index contributed by atoms with van der Waals surface area (Å²) in [5.74, 6) is -1.57. The van der Waals surface area contributed by atoms with Crippen molar-refractivity contribution in [2.45, 2.75) is 18.0 Å². The third kappa shape index (κ3) is 2.13. The van der Waals surface area contributed by atoms with Crippen LogP contribution in [0.3, 0.4) is 0 Å². The van der Waals surface area contributed by atoms with Gasteiger partial charge in [0.05, 0.1) is 12.5 Å². The number of carbonyl (C=O) groups excluding carboxylic acids is 2. The Balaban J connectivity index is 2.07. The summed E-state index contributed by atoms with van der Waals surface area (Å²) < 4.78 is 33.2. The fourth-order valence-corrected chi connectivity index (χ4v) is 3.36. The Hall–Kier alpha value is -1.25. The molecule has 0 unspecified atom stereocenters. The molecule has 2 atom stereocenters. The van der Waals surface area contributed by atoms with Crippen LogP contribution >= 0.6 is 22.6 Å². The minimum atomic E-state index is -1.20. The van der Waals surface area contributed by atoms with E-state index >= 15 is 0 Å². The van der Waals surface area contributed by atoms with Crippen molar-refractivity contribution in [1.29, 1.82) is 0 Å². The average molecular weight is 407 g/mol. The van der Waals surface area contributed by atoms with E-state index in [9.17, 15) is 18.4 Å². The summed E-state index contributed by atoms with van der Waals surface area (Å²) in [6.45, 7) is -0.247. The standard InChI is InChI=1S/C14H12F2INO3/c1-21-10(19)5-18-6-14(4-9(14)15)11-7(13(18)20)2-3-8(17)12(11)16/h2-3,9H,4-6H2,1H3/t9-,14+/m0/s1. The highest BCUT2D eigenvalue weighted by Crippen LogP contribution is 2.55. The number of carbonyl (C=O) groups is 2. The van der Waals surface area contributed by atoms with Gasteiger partial charge in [0, 0.05) is 21.2 Å². The predicted molar refractivity (Wildman–Crippen MR) is 78.2 cm³/mol. The fraction of sp³-hybridized carbons (Fsp3) is 0.429. The van der Waals surface area contributed by atoms with Gasteiger partial charge in [0.25, 0.3) is 5.91 Å². The number of nitrogens with zero attached hydrogens (tertiary/aromatic N) is 1. The maximum Gasteiger partial charge on any atom is 0.325 e. The number of hydrogen-bond donors (Lipinski definition) is 0. The molecule has 0 aromatic heterocycles. The second-order valence-electron chi connectivity index (χ2n) is 5.35. The van der Waals surface area contributed by atoms with Gasteiger partial charge in [0.15, 0.2) is 0 Å². The van der Waals surface area contributed by atoms with Crippen LogP contribution in [0.5, 0.6) is 0 Å². The summed E-state index contributed by atoms with van der Waals surface area (Å²) in [4.78, 5) is 25.0. The van der Waals surface area contributed by atoms with Gasteiger partial charge < -0.3 is 9.64 Å². The molecule has 0 N–H and O–H groups in total. The molecule has 1 aromatic carbocycles. The van der Waals surface area contributed by atoms with Gasteiger partial charge in [0.2, 0.25) is 0 Å². The van der Waals surface area contributed by atoms with Crippen LogP contribution in [0.25, 0.3) is 0 Å². The van der Waals surface area contributed by atoms with Gasteiger partial charge in [-0.2, -0.15) is 0 Å². The van der Waals surface area contributed by atoms with E-state index in [-0.39, 0.29) is 30.6 Å². The number of amides is 1. The van der Waals surface area contributed by atoms with Crippen molar-refractivity contribution in [3.63, 3.8) is 0 Å². The van der Waals surface area contributed by atoms with E-state index in [2.05, 4.69) is 4.74 Å². The number of hydrogen-bond acceptors (Lipinski definition) is 3. The van der Waals surface area contributed by atoms with E-state index in [1.807, 2.05) is 22.6 Å². The molecule has 1 spiro atoms. The number of benzene rings is 1. The Morgan fingerprint density at radius 1 is 1.57 bits per heavy atom. The van der Waals surface area contributed by atoms with Crippen LogP contribution in [0.15, 0.2) is 12.1 Å². The van der Waals surface area contributed by atoms with Crippen LogP contribution in [-0.2, 0) is 14.9 Å². The van der Waals surface area contributed by atoms with Crippen molar-refractivity contribution in [3.05, 3.63) is 32.6 Å². The van der Waals surface area contributed by atoms with Gasteiger partial charge in [-0.1, -0.05) is 0 Å². The number of ether oxygens (including phenoxy) is 1. The first kappa shape index (κ1) is 14.7. The number of fused-ring (bicyclic) bond motifs is 2. The van der Waals surface area contributed by atoms with Crippen molar-refractivity contribution in [2.24, 2.45) is 0 Å². The lowest BCUT2D eigenvalue weighted by atomic mass is 9.85. The van der Waals surface area contributed by atoms with E-state index in [1.54, 1.807) is 0 Å². The van der Waals surface area contributed by atoms with Crippen LogP contribution < -0.4 is 0 Å². The number of methoxy groups -OCH3 is 1. The van der Waals surface area contributed by atoms with E-state index < -0.39 is 29.3 Å². The van der Waals surface area contributed by atoms with Crippen molar-refractivity contribution < 1.29 is 23.1 Å². The lowest BCUT2D eigenvalue weighted by Gasteiger charge is -2.34. The minimum Gasteiger partial charge on any atom is -0.468 e. The van der Waals surface area contributed by atoms with Gasteiger partial charge in [-0.05, 0) is 41.1 Å². The van der Waals surface area contributed by atoms with Gasteiger partial charge in [0.1, 0.15) is 18.5 Å². The summed E-state index contributed by atoms with van der Waals surface area (Å²) in [6.07, 6.45) is -1.03. The van der Waals surface area contributed by atoms with Crippen molar-refractivity contribution in [2.75, 3.05) is 20.2 Å². The molecule has 112 valence electrons. The topological polar surface area (TPSA) is 46.6 Å². The molecule has 1 aromatic rings. The molecule has 0 radical (unpaired) electrons. The van der Waals surface area contributed by atoms with Gasteiger partial charge in [-0.25, -0.2) is 8.78 Å². The summed E-state index contributed by atoms with van der Waals surface area (Å²) in [5.41, 5.74) is -0.709. The normalized spacial score (nSPS) is 26.8. The van der Waals surface area contributed by atoms with Crippen LogP contribution in [0.4, 0.5) is 8.78 Å². The largest absolute Gasteiger partial charge is 0.468 e. The van der Waals surface area contributed by atoms with Crippen LogP contribution in [0, 0.1) is 9.39 Å². The molecule has 21 heavy (non-hydrogen) atoms. The highest BCUT2D eigenvalue weighted by atomic mass is 127. The zero-order valence-corrected chi connectivity index (χ0v) is 13.3. The minimum absolute atomic E-state index is 0.00606. The molecule has 1 aliphatic carbocycles. The lowest BCUT2D eigenvalue weighted by Crippen LogP contribution is -2.47. The molecule has 7 heteroatoms. The molecule has 1 aliphatic heterocycles. The first-order chi connectivity index (χ1) is 9.90. The maximum atomic E-state index is 14.4. The second-order valence-corrected chi connectivity index (χ2v) is 6.51. The van der Waals surface area contributed by atoms with Crippen molar-refractivity contribution >= 4 is 34.5 Å². The van der Waals surface area contributed by atoms with Gasteiger partial charge in [-0.15, -0.1) is 0 Å². The molecular formula is C14H12F2INO3. The quantitative estimate of drug-likeness (QED) is 0.557. The average Bonchev–Trinajstić information content (AvgIpc) is 3.09. The molecule has 2 aliphatic rings. The van der Waals surface area contributed by atoms with E-state index in [0.29, 0.717) is 3.57 Å². The lowest BCUT2D eigenvalue weighted by molar-refractivity contribution is -0.141. The molecule has 1 fully saturated rings. The van der Waals surface area contributed by atoms with Crippen LogP contribution in [-0.4, -0.2) is 43.1 Å². The number of alkyl halides is 1. The summed E-state index contributed by atoms with van der Waals surface area (Å²) in [6, 6.07) is 2.98. The predicted octanol–water partition coefficient (Wildman–Crippen LogP) is 2.04. The smallest absolute Gasteiger partial charge is 0.325 e. The summed E-state index contributed by atoms with van der Waals surface area (Å²) in [5, 5.41) is 0. The van der Waals surface area contributed by atoms with E-state index in [1.165, 1.54) is 24.1 Å². The molecule has 1 heterocycles. The second kappa shape index (κ2) is 4.89. The Kier molecular flexibility index (Phi) is 3.42. The van der Waals surface area contributed by atoms with E-state index in [0.717, 1.165) is 0 Å². The van der Waals surface area contributed by atoms with Crippen LogP contribution in [0.2, 0.25) is 0 Å². The Labute approximate surface area is 133 Å². The SMILES string of the molecule is COC(=O)CN1C[C@@]2(C[C@@H]2F)c2c(ccc(I)c2F)C1=O. The summed E-state index contributed by atoms with van der Waals surface area (Å²) >= 11 is 1.82. The molecule has 0 bridgehead atoms. The monoisotopic (exact) mass is 407 g/mol. The Bertz CT molecular complexity index is 651. The fourth-order valence-electron chi connectivity index (χ4n) is 2.91. The molecule has 4 nitrogen and oxygen atoms in total. The van der Waals surface area contributed by atoms with Crippen molar-refractivity contribution in [3.8, 4) is 0 Å². The summed E-state index contributed by atoms with van der Waals surface area (Å²) in [7, 11) is 1.22. The van der Waals surface area contributed by atoms with Gasteiger partial charge >= 0.3 is 5.97 Å². The van der Waals surface area contributed by atoms with E-state index in [4.69, 9.17) is 0 Å². The highest BCUT2D eigenvalue weighted by Gasteiger charge is 2.62. The first-order valence-corrected chi connectivity index (χ1v) is 7.47. The third-order valence-electron chi connectivity index (χ3n) is 4.11. The molecular weight excluding hydrogens is 395 g/mol. The highest BCUT2D eigenvalue weighted by molar-refractivity contribution is 14.1. The Morgan fingerprint density at radius 2 is 2.24 bits per heavy atom. The molecule has 0 saturated heterocycles. The molecule has 1 amide bonds. The van der Waals surface area contributed by atoms with Gasteiger partial charge in [-0.3, -0.25) is 9.59 Å². The zero-order valence-electron chi connectivity index (χ0n) is 11.2. The number of halogens is 3. The number of esters is 1. The molecule has 3 rings (SSSR count). The van der Waals surface area contributed by atoms with Crippen molar-refractivity contribution in [1.82, 2.24) is 4.90 Å². The Morgan fingerprint density at radius 3 is 2.81 bits per heavy atom. The first-order valence-electron chi connectivity index (χ1n) is 6.39. The molecule has 1 saturated carbocycles. The third-order valence-corrected chi connectivity index (χ3v) is 4.95. The number of rotatable bonds is 2. The maximum absolute atomic E-state index is 14.4. The van der Waals surface area contributed by atoms with Crippen LogP contribution in [0.1, 0.15) is 22.3 Å².